The van der Waals surface area contributed by atoms with E-state index in [1.807, 2.05) is 0 Å². The highest BCUT2D eigenvalue weighted by atomic mass is 16.5. The van der Waals surface area contributed by atoms with Gasteiger partial charge in [-0.1, -0.05) is 5.11 Å². The van der Waals surface area contributed by atoms with Crippen molar-refractivity contribution in [2.45, 2.75) is 31.4 Å². The molecule has 0 aliphatic carbocycles. The van der Waals surface area contributed by atoms with Crippen LogP contribution in [-0.2, 0) is 4.74 Å². The predicted molar refractivity (Wildman–Crippen MR) is 66.0 cm³/mol. The van der Waals surface area contributed by atoms with Gasteiger partial charge in [-0.25, -0.2) is 4.79 Å². The summed E-state index contributed by atoms with van der Waals surface area (Å²) in [7, 11) is 0. The summed E-state index contributed by atoms with van der Waals surface area (Å²) in [5.74, 6) is 0. The van der Waals surface area contributed by atoms with E-state index in [4.69, 9.17) is 15.4 Å². The van der Waals surface area contributed by atoms with Crippen LogP contribution in [0.15, 0.2) is 20.9 Å². The minimum atomic E-state index is -1.31. The number of aryl methyl sites for hydroxylation is 1. The summed E-state index contributed by atoms with van der Waals surface area (Å²) < 4.78 is 6.32. The van der Waals surface area contributed by atoms with Gasteiger partial charge in [0.25, 0.3) is 5.56 Å². The topological polar surface area (TPSA) is 153 Å². The molecule has 108 valence electrons. The summed E-state index contributed by atoms with van der Waals surface area (Å²) in [5, 5.41) is 22.6. The largest absolute Gasteiger partial charge is 0.394 e. The lowest BCUT2D eigenvalue weighted by Crippen LogP contribution is -2.38. The number of nitrogens with one attached hydrogen (secondary N) is 1. The van der Waals surface area contributed by atoms with Crippen LogP contribution in [-0.4, -0.2) is 44.6 Å². The summed E-state index contributed by atoms with van der Waals surface area (Å²) >= 11 is 0. The molecule has 1 aliphatic heterocycles. The van der Waals surface area contributed by atoms with Gasteiger partial charge in [-0.2, -0.15) is 0 Å². The minimum Gasteiger partial charge on any atom is -0.394 e. The fourth-order valence-corrected chi connectivity index (χ4v) is 2.09. The van der Waals surface area contributed by atoms with Crippen LogP contribution in [0.25, 0.3) is 10.4 Å². The number of rotatable bonds is 3. The van der Waals surface area contributed by atoms with Crippen LogP contribution in [0.1, 0.15) is 11.8 Å². The molecule has 2 heterocycles. The lowest BCUT2D eigenvalue weighted by Gasteiger charge is -2.17. The first kappa shape index (κ1) is 14.3. The van der Waals surface area contributed by atoms with E-state index < -0.39 is 42.3 Å². The molecule has 1 saturated heterocycles. The van der Waals surface area contributed by atoms with E-state index in [9.17, 15) is 14.7 Å². The zero-order valence-corrected chi connectivity index (χ0v) is 10.5. The standard InChI is InChI=1S/C10H13N5O5/c1-4-2-15(10(19)12-8(4)18)9-7(17)6(13-14-11)5(3-16)20-9/h2,5-7,9,16-17H,3H2,1H3,(H,12,18,19)/t5-,6-,7-,9+/m0/s1. The number of aromatic nitrogens is 2. The molecule has 2 rings (SSSR count). The van der Waals surface area contributed by atoms with E-state index >= 15 is 0 Å². The van der Waals surface area contributed by atoms with Gasteiger partial charge in [0.05, 0.1) is 18.8 Å². The van der Waals surface area contributed by atoms with Crippen molar-refractivity contribution in [3.63, 3.8) is 0 Å². The molecule has 1 aromatic rings. The van der Waals surface area contributed by atoms with Crippen molar-refractivity contribution in [2.75, 3.05) is 6.61 Å². The van der Waals surface area contributed by atoms with Crippen LogP contribution >= 0.6 is 0 Å². The normalized spacial score (nSPS) is 29.1. The molecule has 0 bridgehead atoms. The second-order valence-corrected chi connectivity index (χ2v) is 4.41. The Morgan fingerprint density at radius 2 is 2.30 bits per heavy atom. The first-order valence-electron chi connectivity index (χ1n) is 5.80. The number of azide groups is 1. The van der Waals surface area contributed by atoms with Gasteiger partial charge < -0.3 is 14.9 Å². The van der Waals surface area contributed by atoms with E-state index in [0.29, 0.717) is 0 Å². The number of hydrogen-bond acceptors (Lipinski definition) is 6. The average Bonchev–Trinajstić information content (AvgIpc) is 2.72. The number of ether oxygens (including phenoxy) is 1. The zero-order valence-electron chi connectivity index (χ0n) is 10.5. The smallest absolute Gasteiger partial charge is 0.330 e. The second kappa shape index (κ2) is 5.47. The van der Waals surface area contributed by atoms with Crippen LogP contribution in [0.2, 0.25) is 0 Å². The highest BCUT2D eigenvalue weighted by molar-refractivity contribution is 5.04. The maximum atomic E-state index is 11.7. The van der Waals surface area contributed by atoms with E-state index in [1.165, 1.54) is 13.1 Å². The molecule has 0 unspecified atom stereocenters. The fraction of sp³-hybridized carbons (Fsp3) is 0.600. The van der Waals surface area contributed by atoms with Crippen molar-refractivity contribution >= 4 is 0 Å². The lowest BCUT2D eigenvalue weighted by molar-refractivity contribution is -0.0532. The van der Waals surface area contributed by atoms with Crippen molar-refractivity contribution in [3.05, 3.63) is 43.0 Å². The number of aliphatic hydroxyl groups is 2. The van der Waals surface area contributed by atoms with Gasteiger partial charge in [-0.15, -0.1) is 0 Å². The molecule has 1 fully saturated rings. The Bertz CT molecular complexity index is 661. The molecular weight excluding hydrogens is 270 g/mol. The fourth-order valence-electron chi connectivity index (χ4n) is 2.09. The second-order valence-electron chi connectivity index (χ2n) is 4.41. The Hall–Kier alpha value is -2.13. The summed E-state index contributed by atoms with van der Waals surface area (Å²) in [6.45, 7) is 1.01. The van der Waals surface area contributed by atoms with Gasteiger partial charge in [0, 0.05) is 16.7 Å². The number of hydrogen-bond donors (Lipinski definition) is 3. The Balaban J connectivity index is 2.44. The van der Waals surface area contributed by atoms with Crippen LogP contribution in [0.4, 0.5) is 0 Å². The molecule has 1 aliphatic rings. The first-order valence-corrected chi connectivity index (χ1v) is 5.80. The molecule has 20 heavy (non-hydrogen) atoms. The van der Waals surface area contributed by atoms with E-state index in [2.05, 4.69) is 15.0 Å². The van der Waals surface area contributed by atoms with E-state index in [-0.39, 0.29) is 5.56 Å². The van der Waals surface area contributed by atoms with Gasteiger partial charge >= 0.3 is 5.69 Å². The third kappa shape index (κ3) is 2.32. The Morgan fingerprint density at radius 1 is 1.60 bits per heavy atom. The molecule has 0 amide bonds. The predicted octanol–water partition coefficient (Wildman–Crippen LogP) is -1.23. The lowest BCUT2D eigenvalue weighted by atomic mass is 10.1. The SMILES string of the molecule is Cc1cn([C@@H]2O[C@@H](CO)[C@H](N=[N+]=[N-])[C@@H]2O)c(=O)[nH]c1=O. The van der Waals surface area contributed by atoms with Gasteiger partial charge in [-0.3, -0.25) is 14.3 Å². The Labute approximate surface area is 111 Å². The number of aromatic amines is 1. The summed E-state index contributed by atoms with van der Waals surface area (Å²) in [5.41, 5.74) is 7.40. The van der Waals surface area contributed by atoms with Crippen molar-refractivity contribution < 1.29 is 14.9 Å². The van der Waals surface area contributed by atoms with Crippen LogP contribution in [0.3, 0.4) is 0 Å². The maximum Gasteiger partial charge on any atom is 0.330 e. The Morgan fingerprint density at radius 3 is 2.90 bits per heavy atom. The third-order valence-electron chi connectivity index (χ3n) is 3.12. The van der Waals surface area contributed by atoms with E-state index in [1.54, 1.807) is 0 Å². The monoisotopic (exact) mass is 283 g/mol. The molecular formula is C10H13N5O5. The van der Waals surface area contributed by atoms with Gasteiger partial charge in [0.15, 0.2) is 6.23 Å². The molecule has 1 aromatic heterocycles. The summed E-state index contributed by atoms with van der Waals surface area (Å²) in [6.07, 6.45) is -2.15. The highest BCUT2D eigenvalue weighted by Crippen LogP contribution is 2.30. The third-order valence-corrected chi connectivity index (χ3v) is 3.12. The number of H-pyrrole nitrogens is 1. The number of nitrogens with zero attached hydrogens (tertiary/aromatic N) is 4. The minimum absolute atomic E-state index is 0.258. The highest BCUT2D eigenvalue weighted by Gasteiger charge is 2.44. The van der Waals surface area contributed by atoms with Gasteiger partial charge in [0.1, 0.15) is 6.10 Å². The van der Waals surface area contributed by atoms with Crippen molar-refractivity contribution in [2.24, 2.45) is 5.11 Å². The van der Waals surface area contributed by atoms with Crippen LogP contribution < -0.4 is 11.2 Å². The molecule has 10 heteroatoms. The quantitative estimate of drug-likeness (QED) is 0.360. The summed E-state index contributed by atoms with van der Waals surface area (Å²) in [6, 6.07) is -1.02. The van der Waals surface area contributed by atoms with Gasteiger partial charge in [-0.05, 0) is 12.5 Å². The molecule has 4 atom stereocenters. The first-order chi connectivity index (χ1) is 9.49. The van der Waals surface area contributed by atoms with Gasteiger partial charge in [0.2, 0.25) is 0 Å². The van der Waals surface area contributed by atoms with Crippen molar-refractivity contribution in [1.82, 2.24) is 9.55 Å². The van der Waals surface area contributed by atoms with Crippen LogP contribution in [0.5, 0.6) is 0 Å². The van der Waals surface area contributed by atoms with Crippen molar-refractivity contribution in [3.8, 4) is 0 Å². The average molecular weight is 283 g/mol. The van der Waals surface area contributed by atoms with Crippen molar-refractivity contribution in [1.29, 1.82) is 0 Å². The molecule has 3 N–H and O–H groups in total. The maximum absolute atomic E-state index is 11.7. The zero-order chi connectivity index (χ0) is 14.9. The molecule has 0 radical (unpaired) electrons. The molecule has 0 spiro atoms. The Kier molecular flexibility index (Phi) is 3.91. The number of aliphatic hydroxyl groups excluding tert-OH is 2. The molecule has 10 nitrogen and oxygen atoms in total. The van der Waals surface area contributed by atoms with Crippen LogP contribution in [0, 0.1) is 6.92 Å². The molecule has 0 saturated carbocycles. The summed E-state index contributed by atoms with van der Waals surface area (Å²) in [4.78, 5) is 27.7. The van der Waals surface area contributed by atoms with E-state index in [0.717, 1.165) is 4.57 Å². The molecule has 0 aromatic carbocycles.